The molecule has 0 bridgehead atoms. The van der Waals surface area contributed by atoms with Crippen molar-refractivity contribution in [3.63, 3.8) is 0 Å². The highest BCUT2D eigenvalue weighted by Crippen LogP contribution is 2.26. The summed E-state index contributed by atoms with van der Waals surface area (Å²) in [6.45, 7) is 4.53. The first-order valence-electron chi connectivity index (χ1n) is 7.64. The topological polar surface area (TPSA) is 66.5 Å². The summed E-state index contributed by atoms with van der Waals surface area (Å²) in [5.74, 6) is -0.683. The molecule has 1 atom stereocenters. The van der Waals surface area contributed by atoms with E-state index in [0.29, 0.717) is 41.5 Å². The third-order valence-electron chi connectivity index (χ3n) is 3.92. The molecule has 2 rings (SSSR count). The number of amides is 1. The van der Waals surface area contributed by atoms with Crippen LogP contribution in [-0.2, 0) is 20.6 Å². The fourth-order valence-corrected chi connectivity index (χ4v) is 4.85. The Bertz CT molecular complexity index is 722. The predicted molar refractivity (Wildman–Crippen MR) is 96.6 cm³/mol. The maximum atomic E-state index is 12.7. The van der Waals surface area contributed by atoms with E-state index < -0.39 is 10.0 Å². The Morgan fingerprint density at radius 2 is 2.17 bits per heavy atom. The number of carbonyl (C=O) groups excluding carboxylic acids is 1. The minimum absolute atomic E-state index is 0.140. The lowest BCUT2D eigenvalue weighted by molar-refractivity contribution is -0.125. The number of hydrogen-bond donors (Lipinski definition) is 1. The van der Waals surface area contributed by atoms with Crippen LogP contribution in [0.15, 0.2) is 30.9 Å². The van der Waals surface area contributed by atoms with Gasteiger partial charge in [0.25, 0.3) is 0 Å². The summed E-state index contributed by atoms with van der Waals surface area (Å²) < 4.78 is 26.7. The van der Waals surface area contributed by atoms with Gasteiger partial charge in [-0.1, -0.05) is 35.3 Å². The third kappa shape index (κ3) is 4.96. The van der Waals surface area contributed by atoms with Crippen molar-refractivity contribution >= 4 is 39.1 Å². The van der Waals surface area contributed by atoms with E-state index >= 15 is 0 Å². The van der Waals surface area contributed by atoms with Crippen LogP contribution in [0.3, 0.4) is 0 Å². The van der Waals surface area contributed by atoms with Crippen molar-refractivity contribution in [1.29, 1.82) is 0 Å². The highest BCUT2D eigenvalue weighted by Gasteiger charge is 2.32. The number of benzene rings is 1. The molecule has 132 valence electrons. The molecule has 24 heavy (non-hydrogen) atoms. The fraction of sp³-hybridized carbons (Fsp3) is 0.438. The van der Waals surface area contributed by atoms with Crippen LogP contribution in [0.25, 0.3) is 0 Å². The van der Waals surface area contributed by atoms with Crippen LogP contribution < -0.4 is 5.32 Å². The van der Waals surface area contributed by atoms with Crippen LogP contribution in [0, 0.1) is 5.92 Å². The van der Waals surface area contributed by atoms with Gasteiger partial charge in [0.2, 0.25) is 15.9 Å². The summed E-state index contributed by atoms with van der Waals surface area (Å²) in [4.78, 5) is 12.1. The summed E-state index contributed by atoms with van der Waals surface area (Å²) in [6.07, 6.45) is 2.92. The van der Waals surface area contributed by atoms with Gasteiger partial charge < -0.3 is 5.32 Å². The molecule has 0 aromatic heterocycles. The normalized spacial score (nSPS) is 19.0. The Morgan fingerprint density at radius 1 is 1.42 bits per heavy atom. The summed E-state index contributed by atoms with van der Waals surface area (Å²) in [6, 6.07) is 4.75. The number of sulfonamides is 1. The first-order chi connectivity index (χ1) is 11.3. The SMILES string of the molecule is C=CCNC(=O)[C@@H]1CCCN(S(=O)(=O)Cc2ccc(Cl)cc2Cl)C1. The van der Waals surface area contributed by atoms with Crippen molar-refractivity contribution in [3.05, 3.63) is 46.5 Å². The minimum atomic E-state index is -3.55. The Kier molecular flexibility index (Phi) is 6.69. The standard InChI is InChI=1S/C16H20Cl2N2O3S/c1-2-7-19-16(21)12-4-3-8-20(10-12)24(22,23)11-13-5-6-14(17)9-15(13)18/h2,5-6,9,12H,1,3-4,7-8,10-11H2,(H,19,21)/t12-/m1/s1. The Balaban J connectivity index is 2.08. The second-order valence-corrected chi connectivity index (χ2v) is 8.54. The second-order valence-electron chi connectivity index (χ2n) is 5.72. The number of piperidine rings is 1. The lowest BCUT2D eigenvalue weighted by Gasteiger charge is -2.31. The molecule has 0 spiro atoms. The van der Waals surface area contributed by atoms with Crippen molar-refractivity contribution in [1.82, 2.24) is 9.62 Å². The molecular weight excluding hydrogens is 371 g/mol. The van der Waals surface area contributed by atoms with Crippen LogP contribution >= 0.6 is 23.2 Å². The van der Waals surface area contributed by atoms with Gasteiger partial charge in [0.1, 0.15) is 0 Å². The number of halogens is 2. The summed E-state index contributed by atoms with van der Waals surface area (Å²) in [7, 11) is -3.55. The predicted octanol–water partition coefficient (Wildman–Crippen LogP) is 2.84. The van der Waals surface area contributed by atoms with Gasteiger partial charge in [-0.3, -0.25) is 4.79 Å². The van der Waals surface area contributed by atoms with Crippen LogP contribution in [0.4, 0.5) is 0 Å². The van der Waals surface area contributed by atoms with Gasteiger partial charge in [0.05, 0.1) is 11.7 Å². The molecule has 0 radical (unpaired) electrons. The molecule has 1 aromatic carbocycles. The zero-order chi connectivity index (χ0) is 17.7. The number of carbonyl (C=O) groups is 1. The van der Waals surface area contributed by atoms with Gasteiger partial charge >= 0.3 is 0 Å². The molecule has 1 saturated heterocycles. The molecule has 0 unspecified atom stereocenters. The van der Waals surface area contributed by atoms with Gasteiger partial charge in [-0.15, -0.1) is 6.58 Å². The summed E-state index contributed by atoms with van der Waals surface area (Å²) >= 11 is 11.9. The average molecular weight is 391 g/mol. The van der Waals surface area contributed by atoms with Crippen LogP contribution in [0.2, 0.25) is 10.0 Å². The van der Waals surface area contributed by atoms with E-state index in [2.05, 4.69) is 11.9 Å². The molecular formula is C16H20Cl2N2O3S. The minimum Gasteiger partial charge on any atom is -0.352 e. The van der Waals surface area contributed by atoms with E-state index in [0.717, 1.165) is 0 Å². The first-order valence-corrected chi connectivity index (χ1v) is 10.0. The van der Waals surface area contributed by atoms with Crippen molar-refractivity contribution in [2.45, 2.75) is 18.6 Å². The monoisotopic (exact) mass is 390 g/mol. The molecule has 1 N–H and O–H groups in total. The van der Waals surface area contributed by atoms with E-state index in [1.165, 1.54) is 10.4 Å². The second kappa shape index (κ2) is 8.34. The smallest absolute Gasteiger partial charge is 0.224 e. The fourth-order valence-electron chi connectivity index (χ4n) is 2.65. The molecule has 1 amide bonds. The van der Waals surface area contributed by atoms with Gasteiger partial charge in [0.15, 0.2) is 0 Å². The van der Waals surface area contributed by atoms with Crippen molar-refractivity contribution in [2.75, 3.05) is 19.6 Å². The zero-order valence-electron chi connectivity index (χ0n) is 13.2. The molecule has 1 heterocycles. The van der Waals surface area contributed by atoms with Gasteiger partial charge in [-0.25, -0.2) is 12.7 Å². The third-order valence-corrected chi connectivity index (χ3v) is 6.30. The van der Waals surface area contributed by atoms with E-state index in [9.17, 15) is 13.2 Å². The maximum Gasteiger partial charge on any atom is 0.224 e. The van der Waals surface area contributed by atoms with Gasteiger partial charge in [0, 0.05) is 29.7 Å². The van der Waals surface area contributed by atoms with Crippen molar-refractivity contribution < 1.29 is 13.2 Å². The van der Waals surface area contributed by atoms with Crippen LogP contribution in [-0.4, -0.2) is 38.3 Å². The number of nitrogens with one attached hydrogen (secondary N) is 1. The number of hydrogen-bond acceptors (Lipinski definition) is 3. The number of rotatable bonds is 6. The molecule has 1 aromatic rings. The molecule has 1 aliphatic rings. The summed E-state index contributed by atoms with van der Waals surface area (Å²) in [5.41, 5.74) is 0.499. The van der Waals surface area contributed by atoms with E-state index in [1.807, 2.05) is 0 Å². The summed E-state index contributed by atoms with van der Waals surface area (Å²) in [5, 5.41) is 3.50. The Labute approximate surface area is 152 Å². The Hall–Kier alpha value is -1.08. The quantitative estimate of drug-likeness (QED) is 0.759. The lowest BCUT2D eigenvalue weighted by atomic mass is 9.99. The highest BCUT2D eigenvalue weighted by molar-refractivity contribution is 7.88. The maximum absolute atomic E-state index is 12.7. The molecule has 1 aliphatic heterocycles. The first kappa shape index (κ1) is 19.2. The van der Waals surface area contributed by atoms with Crippen molar-refractivity contribution in [2.24, 2.45) is 5.92 Å². The van der Waals surface area contributed by atoms with Crippen LogP contribution in [0.5, 0.6) is 0 Å². The molecule has 8 heteroatoms. The molecule has 0 aliphatic carbocycles. The van der Waals surface area contributed by atoms with E-state index in [4.69, 9.17) is 23.2 Å². The molecule has 5 nitrogen and oxygen atoms in total. The van der Waals surface area contributed by atoms with Gasteiger partial charge in [-0.2, -0.15) is 0 Å². The largest absolute Gasteiger partial charge is 0.352 e. The van der Waals surface area contributed by atoms with Crippen molar-refractivity contribution in [3.8, 4) is 0 Å². The lowest BCUT2D eigenvalue weighted by Crippen LogP contribution is -2.45. The number of nitrogens with zero attached hydrogens (tertiary/aromatic N) is 1. The molecule has 0 saturated carbocycles. The van der Waals surface area contributed by atoms with Gasteiger partial charge in [-0.05, 0) is 30.5 Å². The Morgan fingerprint density at radius 3 is 2.83 bits per heavy atom. The van der Waals surface area contributed by atoms with E-state index in [1.54, 1.807) is 18.2 Å². The average Bonchev–Trinajstić information content (AvgIpc) is 2.55. The molecule has 1 fully saturated rings. The zero-order valence-corrected chi connectivity index (χ0v) is 15.5. The highest BCUT2D eigenvalue weighted by atomic mass is 35.5. The van der Waals surface area contributed by atoms with E-state index in [-0.39, 0.29) is 24.1 Å². The van der Waals surface area contributed by atoms with Crippen LogP contribution in [0.1, 0.15) is 18.4 Å².